The molecule has 0 spiro atoms. The number of alkyl halides is 3. The molecule has 2 aromatic carbocycles. The van der Waals surface area contributed by atoms with Crippen molar-refractivity contribution in [3.8, 4) is 5.75 Å². The third-order valence-corrected chi connectivity index (χ3v) is 3.50. The number of esters is 1. The molecule has 0 aliphatic carbocycles. The van der Waals surface area contributed by atoms with Crippen molar-refractivity contribution in [3.05, 3.63) is 63.2 Å². The summed E-state index contributed by atoms with van der Waals surface area (Å²) in [4.78, 5) is 33.4. The van der Waals surface area contributed by atoms with E-state index in [0.29, 0.717) is 5.56 Å². The SMILES string of the molecule is Cc1ccc(O)c(C(=O)OCC(=O)Nc2ccc([N+](=O)[O-])cc2C(F)(F)F)c1. The molecule has 0 atom stereocenters. The number of hydrogen-bond acceptors (Lipinski definition) is 6. The van der Waals surface area contributed by atoms with E-state index in [9.17, 15) is 38.0 Å². The number of nitro groups is 1. The van der Waals surface area contributed by atoms with E-state index in [-0.39, 0.29) is 17.4 Å². The minimum Gasteiger partial charge on any atom is -0.507 e. The minimum atomic E-state index is -4.96. The van der Waals surface area contributed by atoms with Gasteiger partial charge in [-0.25, -0.2) is 4.79 Å². The molecule has 0 saturated carbocycles. The number of nitrogens with zero attached hydrogens (tertiary/aromatic N) is 1. The van der Waals surface area contributed by atoms with E-state index in [1.54, 1.807) is 6.92 Å². The van der Waals surface area contributed by atoms with Crippen LogP contribution in [-0.4, -0.2) is 28.5 Å². The second-order valence-corrected chi connectivity index (χ2v) is 5.63. The van der Waals surface area contributed by atoms with Crippen molar-refractivity contribution >= 4 is 23.3 Å². The molecule has 2 aromatic rings. The number of nitrogens with one attached hydrogen (secondary N) is 1. The number of benzene rings is 2. The van der Waals surface area contributed by atoms with E-state index in [1.807, 2.05) is 5.32 Å². The third-order valence-electron chi connectivity index (χ3n) is 3.50. The van der Waals surface area contributed by atoms with Crippen LogP contribution >= 0.6 is 0 Å². The maximum atomic E-state index is 13.1. The Morgan fingerprint density at radius 1 is 1.21 bits per heavy atom. The highest BCUT2D eigenvalue weighted by atomic mass is 19.4. The second-order valence-electron chi connectivity index (χ2n) is 5.63. The number of non-ortho nitro benzene ring substituents is 1. The number of ether oxygens (including phenoxy) is 1. The molecule has 0 radical (unpaired) electrons. The average molecular weight is 398 g/mol. The van der Waals surface area contributed by atoms with Crippen LogP contribution in [0.4, 0.5) is 24.5 Å². The Labute approximate surface area is 155 Å². The first kappa shape index (κ1) is 20.7. The topological polar surface area (TPSA) is 119 Å². The smallest absolute Gasteiger partial charge is 0.418 e. The van der Waals surface area contributed by atoms with Gasteiger partial charge in [-0.05, 0) is 25.1 Å². The molecule has 2 rings (SSSR count). The molecule has 28 heavy (non-hydrogen) atoms. The normalized spacial score (nSPS) is 11.0. The summed E-state index contributed by atoms with van der Waals surface area (Å²) in [5.41, 5.74) is -2.52. The molecule has 1 amide bonds. The summed E-state index contributed by atoms with van der Waals surface area (Å²) in [5.74, 6) is -2.53. The van der Waals surface area contributed by atoms with Crippen LogP contribution in [0, 0.1) is 17.0 Å². The van der Waals surface area contributed by atoms with Crippen molar-refractivity contribution in [2.24, 2.45) is 0 Å². The maximum Gasteiger partial charge on any atom is 0.418 e. The molecular formula is C17H13F3N2O6. The van der Waals surface area contributed by atoms with Crippen LogP contribution in [0.1, 0.15) is 21.5 Å². The number of anilines is 1. The van der Waals surface area contributed by atoms with E-state index < -0.39 is 46.5 Å². The van der Waals surface area contributed by atoms with Crippen LogP contribution in [0.5, 0.6) is 5.75 Å². The minimum absolute atomic E-state index is 0.209. The van der Waals surface area contributed by atoms with Gasteiger partial charge in [-0.2, -0.15) is 13.2 Å². The van der Waals surface area contributed by atoms with E-state index >= 15 is 0 Å². The number of phenolic OH excluding ortho intramolecular Hbond substituents is 1. The fraction of sp³-hybridized carbons (Fsp3) is 0.176. The lowest BCUT2D eigenvalue weighted by molar-refractivity contribution is -0.385. The van der Waals surface area contributed by atoms with Gasteiger partial charge in [0.25, 0.3) is 11.6 Å². The maximum absolute atomic E-state index is 13.1. The Hall–Kier alpha value is -3.63. The van der Waals surface area contributed by atoms with Gasteiger partial charge in [-0.1, -0.05) is 11.6 Å². The number of amides is 1. The van der Waals surface area contributed by atoms with Crippen molar-refractivity contribution < 1.29 is 37.5 Å². The number of nitro benzene ring substituents is 1. The van der Waals surface area contributed by atoms with Gasteiger partial charge in [-0.15, -0.1) is 0 Å². The highest BCUT2D eigenvalue weighted by molar-refractivity contribution is 5.97. The Bertz CT molecular complexity index is 943. The molecule has 0 aliphatic rings. The summed E-state index contributed by atoms with van der Waals surface area (Å²) in [5, 5.41) is 22.2. The van der Waals surface area contributed by atoms with Crippen LogP contribution in [0.15, 0.2) is 36.4 Å². The fourth-order valence-corrected chi connectivity index (χ4v) is 2.20. The van der Waals surface area contributed by atoms with Crippen LogP contribution in [0.2, 0.25) is 0 Å². The Balaban J connectivity index is 2.12. The number of hydrogen-bond donors (Lipinski definition) is 2. The van der Waals surface area contributed by atoms with E-state index in [0.717, 1.165) is 12.1 Å². The van der Waals surface area contributed by atoms with Gasteiger partial charge >= 0.3 is 12.1 Å². The summed E-state index contributed by atoms with van der Waals surface area (Å²) >= 11 is 0. The fourth-order valence-electron chi connectivity index (χ4n) is 2.20. The van der Waals surface area contributed by atoms with Crippen molar-refractivity contribution in [1.82, 2.24) is 0 Å². The number of aromatic hydroxyl groups is 1. The Kier molecular flexibility index (Phi) is 5.87. The quantitative estimate of drug-likeness (QED) is 0.453. The van der Waals surface area contributed by atoms with Crippen LogP contribution in [0.25, 0.3) is 0 Å². The molecule has 0 bridgehead atoms. The Morgan fingerprint density at radius 3 is 2.50 bits per heavy atom. The van der Waals surface area contributed by atoms with E-state index in [2.05, 4.69) is 4.74 Å². The average Bonchev–Trinajstić information content (AvgIpc) is 2.61. The standard InChI is InChI=1S/C17H13F3N2O6/c1-9-2-5-14(23)11(6-9)16(25)28-8-15(24)21-13-4-3-10(22(26)27)7-12(13)17(18,19)20/h2-7,23H,8H2,1H3,(H,21,24). The number of phenols is 1. The molecule has 11 heteroatoms. The number of carbonyl (C=O) groups excluding carboxylic acids is 2. The lowest BCUT2D eigenvalue weighted by atomic mass is 10.1. The molecule has 0 unspecified atom stereocenters. The Morgan fingerprint density at radius 2 is 1.89 bits per heavy atom. The summed E-state index contributed by atoms with van der Waals surface area (Å²) in [7, 11) is 0. The molecule has 0 fully saturated rings. The zero-order valence-corrected chi connectivity index (χ0v) is 14.2. The lowest BCUT2D eigenvalue weighted by Crippen LogP contribution is -2.23. The predicted octanol–water partition coefficient (Wildman–Crippen LogP) is 3.42. The first-order valence-corrected chi connectivity index (χ1v) is 7.61. The summed E-state index contributed by atoms with van der Waals surface area (Å²) in [6.07, 6.45) is -4.96. The largest absolute Gasteiger partial charge is 0.507 e. The van der Waals surface area contributed by atoms with Crippen molar-refractivity contribution in [1.29, 1.82) is 0 Å². The van der Waals surface area contributed by atoms with Crippen LogP contribution < -0.4 is 5.32 Å². The van der Waals surface area contributed by atoms with E-state index in [1.165, 1.54) is 18.2 Å². The van der Waals surface area contributed by atoms with Crippen molar-refractivity contribution in [2.75, 3.05) is 11.9 Å². The molecule has 8 nitrogen and oxygen atoms in total. The highest BCUT2D eigenvalue weighted by Gasteiger charge is 2.35. The molecular weight excluding hydrogens is 385 g/mol. The first-order chi connectivity index (χ1) is 13.0. The number of halogens is 3. The monoisotopic (exact) mass is 398 g/mol. The molecule has 0 saturated heterocycles. The lowest BCUT2D eigenvalue weighted by Gasteiger charge is -2.14. The van der Waals surface area contributed by atoms with Crippen LogP contribution in [0.3, 0.4) is 0 Å². The van der Waals surface area contributed by atoms with Gasteiger partial charge in [0, 0.05) is 12.1 Å². The summed E-state index contributed by atoms with van der Waals surface area (Å²) < 4.78 is 43.9. The van der Waals surface area contributed by atoms with Gasteiger partial charge in [-0.3, -0.25) is 14.9 Å². The zero-order valence-electron chi connectivity index (χ0n) is 14.2. The second kappa shape index (κ2) is 7.94. The summed E-state index contributed by atoms with van der Waals surface area (Å²) in [6, 6.07) is 5.90. The van der Waals surface area contributed by atoms with Crippen molar-refractivity contribution in [2.45, 2.75) is 13.1 Å². The van der Waals surface area contributed by atoms with Gasteiger partial charge in [0.15, 0.2) is 6.61 Å². The third kappa shape index (κ3) is 4.96. The van der Waals surface area contributed by atoms with Gasteiger partial charge in [0.2, 0.25) is 0 Å². The van der Waals surface area contributed by atoms with Crippen molar-refractivity contribution in [3.63, 3.8) is 0 Å². The molecule has 0 aliphatic heterocycles. The van der Waals surface area contributed by atoms with Gasteiger partial charge in [0.1, 0.15) is 11.3 Å². The van der Waals surface area contributed by atoms with E-state index in [4.69, 9.17) is 0 Å². The predicted molar refractivity (Wildman–Crippen MR) is 89.9 cm³/mol. The first-order valence-electron chi connectivity index (χ1n) is 7.61. The molecule has 148 valence electrons. The molecule has 0 aromatic heterocycles. The number of carbonyl (C=O) groups is 2. The molecule has 2 N–H and O–H groups in total. The summed E-state index contributed by atoms with van der Waals surface area (Å²) in [6.45, 7) is 0.719. The molecule has 0 heterocycles. The number of rotatable bonds is 5. The highest BCUT2D eigenvalue weighted by Crippen LogP contribution is 2.37. The van der Waals surface area contributed by atoms with Gasteiger partial charge in [0.05, 0.1) is 16.2 Å². The van der Waals surface area contributed by atoms with Gasteiger partial charge < -0.3 is 15.2 Å². The zero-order chi connectivity index (χ0) is 21.1. The number of aryl methyl sites for hydroxylation is 1. The van der Waals surface area contributed by atoms with Crippen LogP contribution in [-0.2, 0) is 15.7 Å².